The van der Waals surface area contributed by atoms with Gasteiger partial charge in [-0.1, -0.05) is 18.2 Å². The molecule has 0 bridgehead atoms. The Morgan fingerprint density at radius 3 is 2.67 bits per heavy atom. The Labute approximate surface area is 159 Å². The van der Waals surface area contributed by atoms with Crippen LogP contribution in [0.4, 0.5) is 11.6 Å². The minimum Gasteiger partial charge on any atom is -0.397 e. The number of amides is 1. The minimum absolute atomic E-state index is 0.234. The number of para-hydroxylation sites is 1. The van der Waals surface area contributed by atoms with E-state index in [0.29, 0.717) is 10.6 Å². The number of nitrogens with zero attached hydrogens (tertiary/aromatic N) is 3. The first kappa shape index (κ1) is 17.2. The fourth-order valence-corrected chi connectivity index (χ4v) is 4.01. The molecule has 0 aliphatic heterocycles. The molecule has 4 rings (SSSR count). The van der Waals surface area contributed by atoms with Gasteiger partial charge >= 0.3 is 5.88 Å². The first-order valence-electron chi connectivity index (χ1n) is 8.37. The molecule has 0 saturated carbocycles. The van der Waals surface area contributed by atoms with E-state index in [9.17, 15) is 4.79 Å². The largest absolute Gasteiger partial charge is 0.397 e. The number of nitrogen functional groups attached to an aromatic ring is 1. The van der Waals surface area contributed by atoms with E-state index in [4.69, 9.17) is 10.3 Å². The second-order valence-electron chi connectivity index (χ2n) is 6.27. The van der Waals surface area contributed by atoms with Gasteiger partial charge < -0.3 is 5.73 Å². The Bertz CT molecular complexity index is 1160. The zero-order chi connectivity index (χ0) is 19.1. The molecule has 0 saturated heterocycles. The van der Waals surface area contributed by atoms with Gasteiger partial charge in [-0.05, 0) is 36.6 Å². The first-order chi connectivity index (χ1) is 13.0. The molecule has 8 heteroatoms. The van der Waals surface area contributed by atoms with Crippen LogP contribution in [-0.4, -0.2) is 16.2 Å². The molecule has 3 heterocycles. The third kappa shape index (κ3) is 2.93. The van der Waals surface area contributed by atoms with Crippen LogP contribution < -0.4 is 15.7 Å². The summed E-state index contributed by atoms with van der Waals surface area (Å²) >= 11 is 1.27. The van der Waals surface area contributed by atoms with E-state index >= 15 is 0 Å². The summed E-state index contributed by atoms with van der Waals surface area (Å²) < 4.78 is 6.76. The van der Waals surface area contributed by atoms with Gasteiger partial charge in [-0.3, -0.25) is 14.6 Å². The summed E-state index contributed by atoms with van der Waals surface area (Å²) in [6, 6.07) is 9.48. The van der Waals surface area contributed by atoms with Gasteiger partial charge in [0.2, 0.25) is 11.0 Å². The number of aryl methyl sites for hydroxylation is 2. The van der Waals surface area contributed by atoms with Crippen molar-refractivity contribution in [1.82, 2.24) is 10.3 Å². The maximum absolute atomic E-state index is 12.7. The lowest BCUT2D eigenvalue weighted by atomic mass is 10.1. The lowest BCUT2D eigenvalue weighted by Gasteiger charge is -2.05. The number of carbonyl (C=O) groups excluding carboxylic acids is 1. The van der Waals surface area contributed by atoms with E-state index in [1.807, 2.05) is 51.1 Å². The molecule has 3 aromatic heterocycles. The molecule has 4 aromatic rings. The van der Waals surface area contributed by atoms with Gasteiger partial charge in [0.15, 0.2) is 0 Å². The first-order valence-corrected chi connectivity index (χ1v) is 9.18. The molecule has 0 radical (unpaired) electrons. The van der Waals surface area contributed by atoms with E-state index < -0.39 is 0 Å². The fraction of sp³-hybridized carbons (Fsp3) is 0.158. The van der Waals surface area contributed by atoms with Gasteiger partial charge in [0, 0.05) is 23.2 Å². The molecular weight excluding hydrogens is 362 g/mol. The summed E-state index contributed by atoms with van der Waals surface area (Å²) in [5, 5.41) is 7.47. The van der Waals surface area contributed by atoms with Crippen LogP contribution >= 0.6 is 11.3 Å². The fourth-order valence-electron chi connectivity index (χ4n) is 2.91. The molecule has 1 aromatic carbocycles. The molecule has 3 N–H and O–H groups in total. The van der Waals surface area contributed by atoms with Crippen LogP contribution in [0.3, 0.4) is 0 Å². The summed E-state index contributed by atoms with van der Waals surface area (Å²) in [7, 11) is 0. The summed E-state index contributed by atoms with van der Waals surface area (Å²) in [5.41, 5.74) is 10.6. The third-order valence-electron chi connectivity index (χ3n) is 4.61. The third-order valence-corrected chi connectivity index (χ3v) is 5.70. The molecule has 7 nitrogen and oxygen atoms in total. The lowest BCUT2D eigenvalue weighted by molar-refractivity contribution is -0.670. The second kappa shape index (κ2) is 6.48. The number of benzene rings is 1. The Hall–Kier alpha value is -3.26. The van der Waals surface area contributed by atoms with Crippen molar-refractivity contribution in [3.05, 3.63) is 58.2 Å². The zero-order valence-electron chi connectivity index (χ0n) is 15.1. The van der Waals surface area contributed by atoms with Crippen molar-refractivity contribution in [2.24, 2.45) is 0 Å². The number of aromatic nitrogens is 3. The molecule has 0 aliphatic rings. The zero-order valence-corrected chi connectivity index (χ0v) is 15.9. The quantitative estimate of drug-likeness (QED) is 0.531. The predicted octanol–water partition coefficient (Wildman–Crippen LogP) is 3.32. The number of rotatable bonds is 3. The number of nitrogens with two attached hydrogens (primary N) is 1. The number of fused-ring (bicyclic) bond motifs is 1. The van der Waals surface area contributed by atoms with Gasteiger partial charge in [-0.2, -0.15) is 0 Å². The van der Waals surface area contributed by atoms with Crippen molar-refractivity contribution >= 4 is 39.0 Å². The Morgan fingerprint density at radius 2 is 1.93 bits per heavy atom. The summed E-state index contributed by atoms with van der Waals surface area (Å²) in [6.07, 6.45) is 1.61. The number of nitrogens with one attached hydrogen (secondary N) is 1. The number of anilines is 2. The standard InChI is InChI=1S/C19H17N5O2S/c1-10-11(2)15-16(20)17(27-19(15)21-12(10)3)18(25)22-14-9-24(23-26-14)13-7-5-4-6-8-13/h4-9H,1-3H3,(H2-,20,22,23,25)/p+1. The molecular formula is C19H18N5O2S+. The molecule has 0 unspecified atom stereocenters. The van der Waals surface area contributed by atoms with Crippen LogP contribution in [0.5, 0.6) is 0 Å². The summed E-state index contributed by atoms with van der Waals surface area (Å²) in [6.45, 7) is 5.95. The van der Waals surface area contributed by atoms with E-state index in [1.54, 1.807) is 10.9 Å². The minimum atomic E-state index is -0.346. The molecule has 0 aliphatic carbocycles. The maximum atomic E-state index is 12.7. The van der Waals surface area contributed by atoms with Gasteiger partial charge in [0.25, 0.3) is 12.1 Å². The van der Waals surface area contributed by atoms with Crippen molar-refractivity contribution in [3.8, 4) is 5.69 Å². The van der Waals surface area contributed by atoms with Gasteiger partial charge in [0.1, 0.15) is 9.71 Å². The second-order valence-corrected chi connectivity index (χ2v) is 7.27. The average molecular weight is 380 g/mol. The smallest absolute Gasteiger partial charge is 0.303 e. The summed E-state index contributed by atoms with van der Waals surface area (Å²) in [4.78, 5) is 18.5. The number of hydrogen-bond donors (Lipinski definition) is 2. The number of hydrogen-bond acceptors (Lipinski definition) is 6. The lowest BCUT2D eigenvalue weighted by Crippen LogP contribution is -2.31. The Kier molecular flexibility index (Phi) is 4.12. The highest BCUT2D eigenvalue weighted by Crippen LogP contribution is 2.36. The number of thiophene rings is 1. The molecule has 136 valence electrons. The molecule has 1 amide bonds. The predicted molar refractivity (Wildman–Crippen MR) is 104 cm³/mol. The highest BCUT2D eigenvalue weighted by molar-refractivity contribution is 7.21. The Balaban J connectivity index is 1.65. The van der Waals surface area contributed by atoms with Crippen LogP contribution in [0.15, 0.2) is 41.1 Å². The average Bonchev–Trinajstić information content (AvgIpc) is 3.25. The topological polar surface area (TPSA) is 97.9 Å². The summed E-state index contributed by atoms with van der Waals surface area (Å²) in [5.74, 6) is -0.112. The SMILES string of the molecule is Cc1nc2sc(C(=O)Nc3c[n+](-c4ccccc4)no3)c(N)c2c(C)c1C. The van der Waals surface area contributed by atoms with E-state index in [1.165, 1.54) is 11.3 Å². The number of carbonyl (C=O) groups is 1. The van der Waals surface area contributed by atoms with Gasteiger partial charge in [-0.15, -0.1) is 11.3 Å². The van der Waals surface area contributed by atoms with Crippen LogP contribution in [0.1, 0.15) is 26.5 Å². The van der Waals surface area contributed by atoms with Crippen molar-refractivity contribution in [3.63, 3.8) is 0 Å². The highest BCUT2D eigenvalue weighted by Gasteiger charge is 2.23. The normalized spacial score (nSPS) is 11.1. The molecule has 27 heavy (non-hydrogen) atoms. The van der Waals surface area contributed by atoms with Crippen LogP contribution in [-0.2, 0) is 0 Å². The van der Waals surface area contributed by atoms with Crippen molar-refractivity contribution in [1.29, 1.82) is 0 Å². The van der Waals surface area contributed by atoms with E-state index in [-0.39, 0.29) is 11.8 Å². The maximum Gasteiger partial charge on any atom is 0.303 e. The van der Waals surface area contributed by atoms with Gasteiger partial charge in [-0.25, -0.2) is 4.98 Å². The monoisotopic (exact) mass is 380 g/mol. The van der Waals surface area contributed by atoms with E-state index in [2.05, 4.69) is 15.6 Å². The van der Waals surface area contributed by atoms with Crippen molar-refractivity contribution < 1.29 is 14.0 Å². The van der Waals surface area contributed by atoms with E-state index in [0.717, 1.165) is 32.7 Å². The van der Waals surface area contributed by atoms with Crippen LogP contribution in [0.2, 0.25) is 0 Å². The highest BCUT2D eigenvalue weighted by atomic mass is 32.1. The number of pyridine rings is 1. The van der Waals surface area contributed by atoms with Crippen LogP contribution in [0.25, 0.3) is 15.9 Å². The molecule has 0 fully saturated rings. The Morgan fingerprint density at radius 1 is 1.19 bits per heavy atom. The molecule has 0 spiro atoms. The van der Waals surface area contributed by atoms with Crippen LogP contribution in [0, 0.1) is 20.8 Å². The molecule has 0 atom stereocenters. The van der Waals surface area contributed by atoms with Gasteiger partial charge in [0.05, 0.1) is 5.69 Å². The van der Waals surface area contributed by atoms with Crippen molar-refractivity contribution in [2.45, 2.75) is 20.8 Å². The van der Waals surface area contributed by atoms with Crippen molar-refractivity contribution in [2.75, 3.05) is 11.1 Å².